The first-order valence-electron chi connectivity index (χ1n) is 7.16. The minimum Gasteiger partial charge on any atom is -0.323 e. The van der Waals surface area contributed by atoms with E-state index >= 15 is 0 Å². The SMILES string of the molecule is CC1CCC(C)N(C(C)C(N)c2ccccc2)C1. The zero-order valence-electron chi connectivity index (χ0n) is 11.8. The fourth-order valence-electron chi connectivity index (χ4n) is 3.05. The van der Waals surface area contributed by atoms with Crippen molar-refractivity contribution < 1.29 is 0 Å². The lowest BCUT2D eigenvalue weighted by Gasteiger charge is -2.43. The van der Waals surface area contributed by atoms with Crippen LogP contribution in [0.4, 0.5) is 0 Å². The molecule has 2 nitrogen and oxygen atoms in total. The van der Waals surface area contributed by atoms with Crippen molar-refractivity contribution >= 4 is 0 Å². The number of nitrogens with two attached hydrogens (primary N) is 1. The maximum atomic E-state index is 6.44. The first kappa shape index (κ1) is 13.6. The van der Waals surface area contributed by atoms with E-state index in [1.165, 1.54) is 24.9 Å². The highest BCUT2D eigenvalue weighted by molar-refractivity contribution is 5.20. The summed E-state index contributed by atoms with van der Waals surface area (Å²) in [4.78, 5) is 2.59. The highest BCUT2D eigenvalue weighted by atomic mass is 15.2. The van der Waals surface area contributed by atoms with Gasteiger partial charge in [0.05, 0.1) is 0 Å². The smallest absolute Gasteiger partial charge is 0.0450 e. The van der Waals surface area contributed by atoms with Crippen LogP contribution in [0.3, 0.4) is 0 Å². The van der Waals surface area contributed by atoms with Crippen LogP contribution in [0.25, 0.3) is 0 Å². The molecule has 4 atom stereocenters. The Kier molecular flexibility index (Phi) is 4.41. The minimum absolute atomic E-state index is 0.110. The van der Waals surface area contributed by atoms with Gasteiger partial charge in [-0.25, -0.2) is 0 Å². The highest BCUT2D eigenvalue weighted by Gasteiger charge is 2.30. The summed E-state index contributed by atoms with van der Waals surface area (Å²) in [6.45, 7) is 8.13. The Labute approximate surface area is 111 Å². The number of benzene rings is 1. The molecule has 1 aliphatic rings. The normalized spacial score (nSPS) is 28.9. The Balaban J connectivity index is 2.08. The van der Waals surface area contributed by atoms with Crippen molar-refractivity contribution in [2.45, 2.75) is 51.7 Å². The van der Waals surface area contributed by atoms with Crippen LogP contribution >= 0.6 is 0 Å². The molecule has 1 heterocycles. The largest absolute Gasteiger partial charge is 0.323 e. The van der Waals surface area contributed by atoms with E-state index in [-0.39, 0.29) is 6.04 Å². The molecule has 0 spiro atoms. The average Bonchev–Trinajstić information content (AvgIpc) is 2.41. The van der Waals surface area contributed by atoms with Gasteiger partial charge < -0.3 is 5.73 Å². The third-order valence-electron chi connectivity index (χ3n) is 4.39. The van der Waals surface area contributed by atoms with Crippen molar-refractivity contribution in [2.75, 3.05) is 6.54 Å². The number of hydrogen-bond acceptors (Lipinski definition) is 2. The van der Waals surface area contributed by atoms with Gasteiger partial charge in [-0.05, 0) is 38.2 Å². The predicted molar refractivity (Wildman–Crippen MR) is 77.4 cm³/mol. The summed E-state index contributed by atoms with van der Waals surface area (Å²) in [5.41, 5.74) is 7.68. The fraction of sp³-hybridized carbons (Fsp3) is 0.625. The Hall–Kier alpha value is -0.860. The third-order valence-corrected chi connectivity index (χ3v) is 4.39. The van der Waals surface area contributed by atoms with Crippen LogP contribution in [0.15, 0.2) is 30.3 Å². The quantitative estimate of drug-likeness (QED) is 0.887. The topological polar surface area (TPSA) is 29.3 Å². The first-order valence-corrected chi connectivity index (χ1v) is 7.16. The molecule has 0 bridgehead atoms. The molecule has 18 heavy (non-hydrogen) atoms. The molecule has 4 unspecified atom stereocenters. The van der Waals surface area contributed by atoms with Crippen LogP contribution in [-0.4, -0.2) is 23.5 Å². The molecule has 100 valence electrons. The van der Waals surface area contributed by atoms with Crippen molar-refractivity contribution in [3.8, 4) is 0 Å². The summed E-state index contributed by atoms with van der Waals surface area (Å²) < 4.78 is 0. The molecule has 2 heteroatoms. The molecule has 2 N–H and O–H groups in total. The Morgan fingerprint density at radius 1 is 1.17 bits per heavy atom. The molecule has 1 aromatic carbocycles. The molecule has 0 amide bonds. The molecule has 1 aliphatic heterocycles. The first-order chi connectivity index (χ1) is 8.59. The van der Waals surface area contributed by atoms with Gasteiger partial charge >= 0.3 is 0 Å². The van der Waals surface area contributed by atoms with Crippen molar-refractivity contribution in [3.63, 3.8) is 0 Å². The fourth-order valence-corrected chi connectivity index (χ4v) is 3.05. The van der Waals surface area contributed by atoms with E-state index < -0.39 is 0 Å². The van der Waals surface area contributed by atoms with Crippen molar-refractivity contribution in [3.05, 3.63) is 35.9 Å². The molecule has 0 aliphatic carbocycles. The van der Waals surface area contributed by atoms with Gasteiger partial charge in [-0.15, -0.1) is 0 Å². The molecule has 1 aromatic rings. The van der Waals surface area contributed by atoms with Crippen LogP contribution in [-0.2, 0) is 0 Å². The minimum atomic E-state index is 0.110. The molecule has 0 radical (unpaired) electrons. The highest BCUT2D eigenvalue weighted by Crippen LogP contribution is 2.27. The van der Waals surface area contributed by atoms with Crippen LogP contribution in [0.1, 0.15) is 45.2 Å². The zero-order chi connectivity index (χ0) is 13.1. The second-order valence-electron chi connectivity index (χ2n) is 5.91. The van der Waals surface area contributed by atoms with Crippen LogP contribution < -0.4 is 5.73 Å². The Morgan fingerprint density at radius 2 is 1.83 bits per heavy atom. The number of hydrogen-bond donors (Lipinski definition) is 1. The molecule has 1 fully saturated rings. The maximum Gasteiger partial charge on any atom is 0.0450 e. The second-order valence-corrected chi connectivity index (χ2v) is 5.91. The van der Waals surface area contributed by atoms with E-state index in [1.54, 1.807) is 0 Å². The second kappa shape index (κ2) is 5.85. The van der Waals surface area contributed by atoms with Gasteiger partial charge in [0.1, 0.15) is 0 Å². The number of rotatable bonds is 3. The number of piperidine rings is 1. The number of likely N-dealkylation sites (tertiary alicyclic amines) is 1. The van der Waals surface area contributed by atoms with Crippen LogP contribution in [0.5, 0.6) is 0 Å². The van der Waals surface area contributed by atoms with E-state index in [4.69, 9.17) is 5.73 Å². The summed E-state index contributed by atoms with van der Waals surface area (Å²) in [6.07, 6.45) is 2.65. The molecule has 0 saturated carbocycles. The molecule has 2 rings (SSSR count). The van der Waals surface area contributed by atoms with Gasteiger partial charge in [-0.1, -0.05) is 37.3 Å². The van der Waals surface area contributed by atoms with Crippen molar-refractivity contribution in [2.24, 2.45) is 11.7 Å². The summed E-state index contributed by atoms with van der Waals surface area (Å²) in [7, 11) is 0. The predicted octanol–water partition coefficient (Wildman–Crippen LogP) is 3.20. The Bertz CT molecular complexity index is 363. The third kappa shape index (κ3) is 2.93. The molecule has 1 saturated heterocycles. The zero-order valence-corrected chi connectivity index (χ0v) is 11.8. The van der Waals surface area contributed by atoms with Crippen molar-refractivity contribution in [1.29, 1.82) is 0 Å². The van der Waals surface area contributed by atoms with E-state index in [0.29, 0.717) is 12.1 Å². The monoisotopic (exact) mass is 246 g/mol. The van der Waals surface area contributed by atoms with Gasteiger partial charge in [0.15, 0.2) is 0 Å². The standard InChI is InChI=1S/C16H26N2/c1-12-9-10-13(2)18(11-12)14(3)16(17)15-7-5-4-6-8-15/h4-8,12-14,16H,9-11,17H2,1-3H3. The van der Waals surface area contributed by atoms with Gasteiger partial charge in [0, 0.05) is 24.7 Å². The van der Waals surface area contributed by atoms with Crippen LogP contribution in [0.2, 0.25) is 0 Å². The lowest BCUT2D eigenvalue weighted by Crippen LogP contribution is -2.50. The lowest BCUT2D eigenvalue weighted by atomic mass is 9.91. The van der Waals surface area contributed by atoms with Gasteiger partial charge in [-0.2, -0.15) is 0 Å². The van der Waals surface area contributed by atoms with Gasteiger partial charge in [-0.3, -0.25) is 4.90 Å². The molecular weight excluding hydrogens is 220 g/mol. The van der Waals surface area contributed by atoms with E-state index in [9.17, 15) is 0 Å². The number of nitrogens with zero attached hydrogens (tertiary/aromatic N) is 1. The summed E-state index contributed by atoms with van der Waals surface area (Å²) in [6, 6.07) is 11.6. The summed E-state index contributed by atoms with van der Waals surface area (Å²) in [5, 5.41) is 0. The van der Waals surface area contributed by atoms with Crippen molar-refractivity contribution in [1.82, 2.24) is 4.90 Å². The maximum absolute atomic E-state index is 6.44. The van der Waals surface area contributed by atoms with E-state index in [1.807, 2.05) is 6.07 Å². The molecule has 0 aromatic heterocycles. The molecular formula is C16H26N2. The lowest BCUT2D eigenvalue weighted by molar-refractivity contribution is 0.0723. The van der Waals surface area contributed by atoms with E-state index in [0.717, 1.165) is 5.92 Å². The summed E-state index contributed by atoms with van der Waals surface area (Å²) in [5.74, 6) is 0.798. The van der Waals surface area contributed by atoms with Gasteiger partial charge in [0.2, 0.25) is 0 Å². The van der Waals surface area contributed by atoms with E-state index in [2.05, 4.69) is 49.9 Å². The Morgan fingerprint density at radius 3 is 2.50 bits per heavy atom. The van der Waals surface area contributed by atoms with Gasteiger partial charge in [0.25, 0.3) is 0 Å². The summed E-state index contributed by atoms with van der Waals surface area (Å²) >= 11 is 0. The average molecular weight is 246 g/mol. The van der Waals surface area contributed by atoms with Crippen LogP contribution in [0, 0.1) is 5.92 Å².